The summed E-state index contributed by atoms with van der Waals surface area (Å²) in [7, 11) is 0. The molecule has 0 saturated carbocycles. The molecule has 1 aliphatic heterocycles. The number of aryl methyl sites for hydroxylation is 2. The van der Waals surface area contributed by atoms with Crippen molar-refractivity contribution in [1.82, 2.24) is 4.90 Å². The summed E-state index contributed by atoms with van der Waals surface area (Å²) < 4.78 is 18.2. The van der Waals surface area contributed by atoms with Gasteiger partial charge in [0.25, 0.3) is 5.91 Å². The minimum Gasteiger partial charge on any atom is -0.490 e. The molecule has 40 heavy (non-hydrogen) atoms. The van der Waals surface area contributed by atoms with Crippen molar-refractivity contribution in [2.45, 2.75) is 53.6 Å². The topological polar surface area (TPSA) is 69.0 Å². The van der Waals surface area contributed by atoms with E-state index in [0.29, 0.717) is 52.2 Å². The van der Waals surface area contributed by atoms with E-state index >= 15 is 0 Å². The van der Waals surface area contributed by atoms with E-state index in [2.05, 4.69) is 13.8 Å². The highest BCUT2D eigenvalue weighted by Crippen LogP contribution is 2.42. The van der Waals surface area contributed by atoms with Crippen LogP contribution in [-0.2, 0) is 6.54 Å². The highest BCUT2D eigenvalue weighted by atomic mass is 35.5. The molecule has 0 aliphatic carbocycles. The number of carbonyl (C=O) groups is 1. The summed E-state index contributed by atoms with van der Waals surface area (Å²) in [6.45, 7) is 11.3. The third kappa shape index (κ3) is 5.20. The largest absolute Gasteiger partial charge is 0.490 e. The van der Waals surface area contributed by atoms with Crippen molar-refractivity contribution in [3.05, 3.63) is 103 Å². The molecule has 4 aromatic rings. The summed E-state index contributed by atoms with van der Waals surface area (Å²) in [4.78, 5) is 29.7. The maximum absolute atomic E-state index is 14.1. The third-order valence-electron chi connectivity index (χ3n) is 7.25. The number of nitrogens with zero attached hydrogens (tertiary/aromatic N) is 1. The molecule has 6 nitrogen and oxygen atoms in total. The molecule has 0 fully saturated rings. The third-order valence-corrected chi connectivity index (χ3v) is 7.62. The van der Waals surface area contributed by atoms with Crippen LogP contribution in [0.25, 0.3) is 11.0 Å². The number of ether oxygens (including phenoxy) is 2. The van der Waals surface area contributed by atoms with E-state index in [4.69, 9.17) is 25.5 Å². The molecule has 1 aromatic heterocycles. The minimum atomic E-state index is -0.691. The van der Waals surface area contributed by atoms with Gasteiger partial charge in [-0.25, -0.2) is 0 Å². The molecule has 2 heterocycles. The number of hydrogen-bond acceptors (Lipinski definition) is 5. The second-order valence-corrected chi connectivity index (χ2v) is 11.1. The average Bonchev–Trinajstić information content (AvgIpc) is 3.17. The predicted octanol–water partition coefficient (Wildman–Crippen LogP) is 7.63. The first kappa shape index (κ1) is 27.8. The Morgan fingerprint density at radius 1 is 1.00 bits per heavy atom. The van der Waals surface area contributed by atoms with Gasteiger partial charge in [-0.15, -0.1) is 0 Å². The lowest BCUT2D eigenvalue weighted by molar-refractivity contribution is 0.0714. The average molecular weight is 560 g/mol. The number of amides is 1. The smallest absolute Gasteiger partial charge is 0.291 e. The fourth-order valence-corrected chi connectivity index (χ4v) is 5.52. The molecule has 5 rings (SSSR count). The van der Waals surface area contributed by atoms with Crippen LogP contribution in [0.2, 0.25) is 5.02 Å². The number of carbonyl (C=O) groups excluding carboxylic acids is 1. The van der Waals surface area contributed by atoms with Crippen molar-refractivity contribution in [2.75, 3.05) is 13.2 Å². The van der Waals surface area contributed by atoms with E-state index in [1.54, 1.807) is 17.0 Å². The zero-order chi connectivity index (χ0) is 28.6. The molecule has 208 valence electrons. The first-order chi connectivity index (χ1) is 19.2. The lowest BCUT2D eigenvalue weighted by Gasteiger charge is -2.26. The van der Waals surface area contributed by atoms with Crippen molar-refractivity contribution in [3.8, 4) is 11.5 Å². The molecule has 3 aromatic carbocycles. The number of rotatable bonds is 9. The number of fused-ring (bicyclic) bond motifs is 2. The molecule has 0 N–H and O–H groups in total. The molecule has 0 saturated heterocycles. The van der Waals surface area contributed by atoms with Gasteiger partial charge in [-0.1, -0.05) is 55.8 Å². The van der Waals surface area contributed by atoms with Gasteiger partial charge >= 0.3 is 0 Å². The minimum absolute atomic E-state index is 0.0646. The fourth-order valence-electron chi connectivity index (χ4n) is 5.32. The molecule has 0 radical (unpaired) electrons. The summed E-state index contributed by atoms with van der Waals surface area (Å²) in [5.41, 5.74) is 3.81. The van der Waals surface area contributed by atoms with E-state index in [1.807, 2.05) is 63.2 Å². The Labute approximate surface area is 239 Å². The monoisotopic (exact) mass is 559 g/mol. The standard InChI is InChI=1S/C33H34ClNO5/c1-6-38-26-17-22(11-12-25(26)39-14-13-19(2)3)30-29-31(36)28-21(5)15-20(4)16-27(28)40-32(29)33(37)35(30)18-23-9-7-8-10-24(23)34/h7-12,15-17,19,30H,6,13-14,18H2,1-5H3. The molecule has 1 unspecified atom stereocenters. The fraction of sp³-hybridized carbons (Fsp3) is 0.333. The normalized spacial score (nSPS) is 14.7. The van der Waals surface area contributed by atoms with Crippen LogP contribution in [0.3, 0.4) is 0 Å². The Morgan fingerprint density at radius 3 is 2.50 bits per heavy atom. The first-order valence-electron chi connectivity index (χ1n) is 13.7. The van der Waals surface area contributed by atoms with Gasteiger partial charge in [0.15, 0.2) is 16.9 Å². The van der Waals surface area contributed by atoms with Gasteiger partial charge in [-0.05, 0) is 79.6 Å². The van der Waals surface area contributed by atoms with Crippen LogP contribution in [0.5, 0.6) is 11.5 Å². The number of hydrogen-bond donors (Lipinski definition) is 0. The summed E-state index contributed by atoms with van der Waals surface area (Å²) in [5.74, 6) is 1.42. The van der Waals surface area contributed by atoms with Gasteiger partial charge in [0.05, 0.1) is 30.2 Å². The Morgan fingerprint density at radius 2 is 1.77 bits per heavy atom. The molecule has 1 amide bonds. The van der Waals surface area contributed by atoms with E-state index in [-0.39, 0.29) is 23.6 Å². The summed E-state index contributed by atoms with van der Waals surface area (Å²) in [6.07, 6.45) is 0.913. The number of benzene rings is 3. The van der Waals surface area contributed by atoms with Crippen molar-refractivity contribution < 1.29 is 18.7 Å². The Balaban J connectivity index is 1.68. The lowest BCUT2D eigenvalue weighted by atomic mass is 9.96. The van der Waals surface area contributed by atoms with Crippen LogP contribution in [0.4, 0.5) is 0 Å². The summed E-state index contributed by atoms with van der Waals surface area (Å²) in [6, 6.07) is 16.1. The zero-order valence-corrected chi connectivity index (χ0v) is 24.3. The predicted molar refractivity (Wildman–Crippen MR) is 158 cm³/mol. The van der Waals surface area contributed by atoms with Crippen LogP contribution >= 0.6 is 11.6 Å². The maximum atomic E-state index is 14.1. The van der Waals surface area contributed by atoms with E-state index in [9.17, 15) is 9.59 Å². The van der Waals surface area contributed by atoms with Gasteiger partial charge in [0, 0.05) is 11.6 Å². The van der Waals surface area contributed by atoms with E-state index < -0.39 is 6.04 Å². The van der Waals surface area contributed by atoms with E-state index in [0.717, 1.165) is 28.7 Å². The summed E-state index contributed by atoms with van der Waals surface area (Å²) in [5, 5.41) is 1.03. The van der Waals surface area contributed by atoms with Gasteiger partial charge in [0.1, 0.15) is 5.58 Å². The van der Waals surface area contributed by atoms with Crippen LogP contribution < -0.4 is 14.9 Å². The lowest BCUT2D eigenvalue weighted by Crippen LogP contribution is -2.29. The summed E-state index contributed by atoms with van der Waals surface area (Å²) >= 11 is 6.51. The molecule has 0 bridgehead atoms. The van der Waals surface area contributed by atoms with Crippen LogP contribution in [-0.4, -0.2) is 24.0 Å². The number of halogens is 1. The second kappa shape index (κ2) is 11.4. The maximum Gasteiger partial charge on any atom is 0.291 e. The molecule has 1 atom stereocenters. The Kier molecular flexibility index (Phi) is 7.90. The van der Waals surface area contributed by atoms with Crippen molar-refractivity contribution >= 4 is 28.5 Å². The molecule has 7 heteroatoms. The van der Waals surface area contributed by atoms with Crippen LogP contribution in [0.15, 0.2) is 63.8 Å². The van der Waals surface area contributed by atoms with Crippen LogP contribution in [0, 0.1) is 19.8 Å². The Hall–Kier alpha value is -3.77. The molecule has 1 aliphatic rings. The van der Waals surface area contributed by atoms with Crippen LogP contribution in [0.1, 0.15) is 71.6 Å². The molecule has 0 spiro atoms. The van der Waals surface area contributed by atoms with Gasteiger partial charge in [-0.2, -0.15) is 0 Å². The molecular formula is C33H34ClNO5. The highest BCUT2D eigenvalue weighted by Gasteiger charge is 2.43. The highest BCUT2D eigenvalue weighted by molar-refractivity contribution is 6.31. The van der Waals surface area contributed by atoms with Gasteiger partial charge < -0.3 is 18.8 Å². The first-order valence-corrected chi connectivity index (χ1v) is 14.1. The zero-order valence-electron chi connectivity index (χ0n) is 23.5. The van der Waals surface area contributed by atoms with Crippen molar-refractivity contribution in [3.63, 3.8) is 0 Å². The molecular weight excluding hydrogens is 526 g/mol. The van der Waals surface area contributed by atoms with Crippen molar-refractivity contribution in [2.24, 2.45) is 5.92 Å². The van der Waals surface area contributed by atoms with Gasteiger partial charge in [0.2, 0.25) is 5.76 Å². The second-order valence-electron chi connectivity index (χ2n) is 10.7. The van der Waals surface area contributed by atoms with Gasteiger partial charge in [-0.3, -0.25) is 9.59 Å². The quantitative estimate of drug-likeness (QED) is 0.211. The van der Waals surface area contributed by atoms with Crippen molar-refractivity contribution in [1.29, 1.82) is 0 Å². The Bertz CT molecular complexity index is 1640. The van der Waals surface area contributed by atoms with E-state index in [1.165, 1.54) is 0 Å². The SMILES string of the molecule is CCOc1cc(C2c3c(oc4cc(C)cc(C)c4c3=O)C(=O)N2Cc2ccccc2Cl)ccc1OCCC(C)C.